The molecule has 2 aromatic carbocycles. The minimum Gasteiger partial charge on any atom is -0.491 e. The van der Waals surface area contributed by atoms with Gasteiger partial charge in [-0.3, -0.25) is 4.79 Å². The van der Waals surface area contributed by atoms with Gasteiger partial charge in [0.1, 0.15) is 5.75 Å². The van der Waals surface area contributed by atoms with E-state index in [2.05, 4.69) is 30.0 Å². The van der Waals surface area contributed by atoms with Crippen LogP contribution in [0.25, 0.3) is 10.2 Å². The van der Waals surface area contributed by atoms with Crippen LogP contribution in [-0.4, -0.2) is 48.1 Å². The van der Waals surface area contributed by atoms with Crippen LogP contribution < -0.4 is 9.64 Å². The van der Waals surface area contributed by atoms with Crippen molar-refractivity contribution in [2.75, 3.05) is 31.1 Å². The van der Waals surface area contributed by atoms with Gasteiger partial charge in [-0.25, -0.2) is 4.98 Å². The lowest BCUT2D eigenvalue weighted by atomic mass is 10.1. The number of hydrogen-bond acceptors (Lipinski definition) is 5. The molecule has 0 radical (unpaired) electrons. The number of carbonyl (C=O) groups is 1. The Hall–Kier alpha value is -2.60. The van der Waals surface area contributed by atoms with Crippen molar-refractivity contribution in [3.05, 3.63) is 53.6 Å². The van der Waals surface area contributed by atoms with E-state index < -0.39 is 0 Å². The number of aryl methyl sites for hydroxylation is 1. The number of fused-ring (bicyclic) bond motifs is 1. The molecule has 6 heteroatoms. The van der Waals surface area contributed by atoms with Crippen LogP contribution in [-0.2, 0) is 0 Å². The molecule has 0 aliphatic carbocycles. The third-order valence-corrected chi connectivity index (χ3v) is 6.00. The number of rotatable bonds is 4. The van der Waals surface area contributed by atoms with Gasteiger partial charge in [0, 0.05) is 31.7 Å². The number of piperazine rings is 1. The minimum atomic E-state index is 0.0795. The van der Waals surface area contributed by atoms with E-state index in [9.17, 15) is 4.79 Å². The molecule has 1 amide bonds. The molecule has 0 N–H and O–H groups in total. The van der Waals surface area contributed by atoms with Gasteiger partial charge in [0.05, 0.1) is 16.3 Å². The molecule has 1 aromatic heterocycles. The van der Waals surface area contributed by atoms with Crippen LogP contribution in [0.3, 0.4) is 0 Å². The summed E-state index contributed by atoms with van der Waals surface area (Å²) in [5, 5.41) is 1.05. The lowest BCUT2D eigenvalue weighted by Crippen LogP contribution is -2.48. The Labute approximate surface area is 169 Å². The standard InChI is InChI=1S/C22H25N3O2S/c1-15(2)27-18-9-7-17(8-10-18)21(26)24-11-13-25(14-12-24)22-23-20-16(3)5-4-6-19(20)28-22/h4-10,15H,11-14H2,1-3H3. The predicted octanol–water partition coefficient (Wildman–Crippen LogP) is 4.35. The molecule has 28 heavy (non-hydrogen) atoms. The Bertz CT molecular complexity index is 973. The normalized spacial score (nSPS) is 14.7. The monoisotopic (exact) mass is 395 g/mol. The molecule has 146 valence electrons. The second-order valence-electron chi connectivity index (χ2n) is 7.39. The average molecular weight is 396 g/mol. The molecule has 1 fully saturated rings. The number of carbonyl (C=O) groups excluding carboxylic acids is 1. The van der Waals surface area contributed by atoms with E-state index in [1.807, 2.05) is 43.0 Å². The SMILES string of the molecule is Cc1cccc2sc(N3CCN(C(=O)c4ccc(OC(C)C)cc4)CC3)nc12. The van der Waals surface area contributed by atoms with E-state index >= 15 is 0 Å². The molecule has 2 heterocycles. The van der Waals surface area contributed by atoms with Gasteiger partial charge < -0.3 is 14.5 Å². The number of anilines is 1. The molecular weight excluding hydrogens is 370 g/mol. The van der Waals surface area contributed by atoms with Crippen molar-refractivity contribution >= 4 is 32.6 Å². The van der Waals surface area contributed by atoms with E-state index in [-0.39, 0.29) is 12.0 Å². The van der Waals surface area contributed by atoms with Crippen molar-refractivity contribution in [3.8, 4) is 5.75 Å². The highest BCUT2D eigenvalue weighted by molar-refractivity contribution is 7.22. The van der Waals surface area contributed by atoms with Gasteiger partial charge in [-0.15, -0.1) is 0 Å². The van der Waals surface area contributed by atoms with Gasteiger partial charge in [0.25, 0.3) is 5.91 Å². The number of aromatic nitrogens is 1. The molecule has 0 unspecified atom stereocenters. The zero-order chi connectivity index (χ0) is 19.7. The summed E-state index contributed by atoms with van der Waals surface area (Å²) < 4.78 is 6.87. The van der Waals surface area contributed by atoms with Crippen LogP contribution in [0.2, 0.25) is 0 Å². The number of amides is 1. The predicted molar refractivity (Wildman–Crippen MR) is 115 cm³/mol. The van der Waals surface area contributed by atoms with Crippen molar-refractivity contribution < 1.29 is 9.53 Å². The number of para-hydroxylation sites is 1. The number of ether oxygens (including phenoxy) is 1. The molecule has 1 aliphatic rings. The van der Waals surface area contributed by atoms with E-state index in [1.54, 1.807) is 11.3 Å². The topological polar surface area (TPSA) is 45.7 Å². The van der Waals surface area contributed by atoms with Gasteiger partial charge in [-0.05, 0) is 56.7 Å². The highest BCUT2D eigenvalue weighted by Crippen LogP contribution is 2.31. The first kappa shape index (κ1) is 18.7. The van der Waals surface area contributed by atoms with E-state index in [4.69, 9.17) is 9.72 Å². The molecule has 0 spiro atoms. The van der Waals surface area contributed by atoms with E-state index in [0.717, 1.165) is 29.5 Å². The van der Waals surface area contributed by atoms with Crippen molar-refractivity contribution in [2.45, 2.75) is 26.9 Å². The molecular formula is C22H25N3O2S. The van der Waals surface area contributed by atoms with Crippen molar-refractivity contribution in [3.63, 3.8) is 0 Å². The quantitative estimate of drug-likeness (QED) is 0.659. The van der Waals surface area contributed by atoms with Gasteiger partial charge in [0.15, 0.2) is 5.13 Å². The first-order valence-corrected chi connectivity index (χ1v) is 10.5. The number of benzene rings is 2. The second-order valence-corrected chi connectivity index (χ2v) is 8.40. The Kier molecular flexibility index (Phi) is 5.22. The summed E-state index contributed by atoms with van der Waals surface area (Å²) in [5.41, 5.74) is 3.00. The van der Waals surface area contributed by atoms with Gasteiger partial charge >= 0.3 is 0 Å². The molecule has 4 rings (SSSR count). The van der Waals surface area contributed by atoms with Crippen LogP contribution in [0.15, 0.2) is 42.5 Å². The maximum atomic E-state index is 12.8. The Morgan fingerprint density at radius 1 is 1.07 bits per heavy atom. The summed E-state index contributed by atoms with van der Waals surface area (Å²) in [6.07, 6.45) is 0.126. The van der Waals surface area contributed by atoms with Crippen LogP contribution in [0.4, 0.5) is 5.13 Å². The molecule has 1 saturated heterocycles. The Balaban J connectivity index is 1.40. The maximum Gasteiger partial charge on any atom is 0.253 e. The van der Waals surface area contributed by atoms with Crippen LogP contribution in [0, 0.1) is 6.92 Å². The Morgan fingerprint density at radius 2 is 1.79 bits per heavy atom. The highest BCUT2D eigenvalue weighted by Gasteiger charge is 2.24. The second kappa shape index (κ2) is 7.80. The van der Waals surface area contributed by atoms with Gasteiger partial charge in [0.2, 0.25) is 0 Å². The fourth-order valence-electron chi connectivity index (χ4n) is 3.44. The average Bonchev–Trinajstić information content (AvgIpc) is 3.13. The van der Waals surface area contributed by atoms with Gasteiger partial charge in [-0.2, -0.15) is 0 Å². The summed E-state index contributed by atoms with van der Waals surface area (Å²) in [6, 6.07) is 13.7. The molecule has 0 saturated carbocycles. The number of nitrogens with zero attached hydrogens (tertiary/aromatic N) is 3. The van der Waals surface area contributed by atoms with Crippen molar-refractivity contribution in [1.82, 2.24) is 9.88 Å². The van der Waals surface area contributed by atoms with E-state index in [1.165, 1.54) is 10.3 Å². The van der Waals surface area contributed by atoms with Crippen LogP contribution >= 0.6 is 11.3 Å². The minimum absolute atomic E-state index is 0.0795. The first-order chi connectivity index (χ1) is 13.5. The molecule has 0 bridgehead atoms. The summed E-state index contributed by atoms with van der Waals surface area (Å²) in [6.45, 7) is 9.10. The zero-order valence-electron chi connectivity index (χ0n) is 16.5. The smallest absolute Gasteiger partial charge is 0.253 e. The van der Waals surface area contributed by atoms with Crippen LogP contribution in [0.1, 0.15) is 29.8 Å². The van der Waals surface area contributed by atoms with Crippen molar-refractivity contribution in [2.24, 2.45) is 0 Å². The number of hydrogen-bond donors (Lipinski definition) is 0. The molecule has 5 nitrogen and oxygen atoms in total. The van der Waals surface area contributed by atoms with Crippen molar-refractivity contribution in [1.29, 1.82) is 0 Å². The number of thiazole rings is 1. The summed E-state index contributed by atoms with van der Waals surface area (Å²) in [4.78, 5) is 21.8. The van der Waals surface area contributed by atoms with E-state index in [0.29, 0.717) is 18.7 Å². The largest absolute Gasteiger partial charge is 0.491 e. The third kappa shape index (κ3) is 3.83. The highest BCUT2D eigenvalue weighted by atomic mass is 32.1. The molecule has 1 aliphatic heterocycles. The fraction of sp³-hybridized carbons (Fsp3) is 0.364. The summed E-state index contributed by atoms with van der Waals surface area (Å²) in [7, 11) is 0. The van der Waals surface area contributed by atoms with Crippen LogP contribution in [0.5, 0.6) is 5.75 Å². The first-order valence-electron chi connectivity index (χ1n) is 9.68. The zero-order valence-corrected chi connectivity index (χ0v) is 17.3. The third-order valence-electron chi connectivity index (χ3n) is 4.92. The fourth-order valence-corrected chi connectivity index (χ4v) is 4.54. The summed E-state index contributed by atoms with van der Waals surface area (Å²) >= 11 is 1.73. The lowest BCUT2D eigenvalue weighted by Gasteiger charge is -2.34. The maximum absolute atomic E-state index is 12.8. The molecule has 0 atom stereocenters. The van der Waals surface area contributed by atoms with Gasteiger partial charge in [-0.1, -0.05) is 23.5 Å². The Morgan fingerprint density at radius 3 is 2.43 bits per heavy atom. The summed E-state index contributed by atoms with van der Waals surface area (Å²) in [5.74, 6) is 0.874. The lowest BCUT2D eigenvalue weighted by molar-refractivity contribution is 0.0746. The molecule has 3 aromatic rings.